The van der Waals surface area contributed by atoms with E-state index >= 15 is 0 Å². The van der Waals surface area contributed by atoms with Gasteiger partial charge in [-0.05, 0) is 49.7 Å². The fraction of sp³-hybridized carbons (Fsp3) is 0.500. The van der Waals surface area contributed by atoms with Crippen LogP contribution in [0.3, 0.4) is 0 Å². The summed E-state index contributed by atoms with van der Waals surface area (Å²) in [5.41, 5.74) is 5.20. The van der Waals surface area contributed by atoms with Crippen molar-refractivity contribution >= 4 is 10.9 Å². The minimum Gasteiger partial charge on any atom is -0.347 e. The quantitative estimate of drug-likeness (QED) is 0.672. The molecule has 2 saturated carbocycles. The predicted molar refractivity (Wildman–Crippen MR) is 98.9 cm³/mol. The smallest absolute Gasteiger partial charge is 0.0946 e. The maximum absolute atomic E-state index is 9.37. The van der Waals surface area contributed by atoms with Crippen LogP contribution >= 0.6 is 0 Å². The maximum Gasteiger partial charge on any atom is 0.0946 e. The lowest BCUT2D eigenvalue weighted by Gasteiger charge is -2.25. The summed E-state index contributed by atoms with van der Waals surface area (Å²) in [7, 11) is 2.23. The Hall–Kier alpha value is -2.01. The molecule has 2 nitrogen and oxygen atoms in total. The van der Waals surface area contributed by atoms with E-state index in [-0.39, 0.29) is 5.41 Å². The van der Waals surface area contributed by atoms with Gasteiger partial charge in [-0.1, -0.05) is 44.0 Å². The lowest BCUT2D eigenvalue weighted by Crippen LogP contribution is -2.14. The zero-order chi connectivity index (χ0) is 16.7. The zero-order valence-electron chi connectivity index (χ0n) is 14.6. The number of allylic oxidation sites excluding steroid dienone is 1. The fourth-order valence-electron chi connectivity index (χ4n) is 4.77. The lowest BCUT2D eigenvalue weighted by atomic mass is 9.82. The number of hydrogen-bond donors (Lipinski definition) is 0. The first-order valence-electron chi connectivity index (χ1n) is 9.32. The molecule has 0 spiro atoms. The first kappa shape index (κ1) is 15.5. The molecule has 2 aromatic rings. The van der Waals surface area contributed by atoms with Crippen molar-refractivity contribution < 1.29 is 0 Å². The molecule has 0 atom stereocenters. The average molecular weight is 318 g/mol. The third-order valence-electron chi connectivity index (χ3n) is 6.40. The van der Waals surface area contributed by atoms with Gasteiger partial charge in [0.25, 0.3) is 0 Å². The minimum atomic E-state index is 0.0439. The molecule has 2 aliphatic rings. The fourth-order valence-corrected chi connectivity index (χ4v) is 4.77. The first-order chi connectivity index (χ1) is 11.7. The summed E-state index contributed by atoms with van der Waals surface area (Å²) < 4.78 is 2.44. The Morgan fingerprint density at radius 1 is 1.25 bits per heavy atom. The van der Waals surface area contributed by atoms with Gasteiger partial charge in [0.1, 0.15) is 0 Å². The summed E-state index contributed by atoms with van der Waals surface area (Å²) in [6.07, 6.45) is 9.92. The van der Waals surface area contributed by atoms with Gasteiger partial charge in [-0.2, -0.15) is 5.26 Å². The van der Waals surface area contributed by atoms with Crippen molar-refractivity contribution in [1.82, 2.24) is 4.57 Å². The van der Waals surface area contributed by atoms with Crippen molar-refractivity contribution in [2.75, 3.05) is 0 Å². The summed E-state index contributed by atoms with van der Waals surface area (Å²) in [5.74, 6) is 0.678. The number of aryl methyl sites for hydroxylation is 1. The highest BCUT2D eigenvalue weighted by Crippen LogP contribution is 2.55. The van der Waals surface area contributed by atoms with E-state index in [1.165, 1.54) is 54.3 Å². The second kappa shape index (κ2) is 5.81. The van der Waals surface area contributed by atoms with Crippen LogP contribution in [0.2, 0.25) is 0 Å². The van der Waals surface area contributed by atoms with Crippen molar-refractivity contribution in [2.45, 2.75) is 57.3 Å². The SMILES string of the molecule is C=C(C#N)C1(Cc2c(C3CCCCC3)n(C)c3ccccc23)CC1. The van der Waals surface area contributed by atoms with E-state index in [4.69, 9.17) is 0 Å². The molecule has 0 bridgehead atoms. The number of para-hydroxylation sites is 1. The Morgan fingerprint density at radius 3 is 2.62 bits per heavy atom. The van der Waals surface area contributed by atoms with Crippen molar-refractivity contribution in [2.24, 2.45) is 12.5 Å². The molecule has 0 amide bonds. The van der Waals surface area contributed by atoms with Crippen LogP contribution in [0.15, 0.2) is 36.4 Å². The molecule has 0 N–H and O–H groups in total. The van der Waals surface area contributed by atoms with E-state index < -0.39 is 0 Å². The van der Waals surface area contributed by atoms with Crippen molar-refractivity contribution in [3.8, 4) is 6.07 Å². The highest BCUT2D eigenvalue weighted by atomic mass is 15.0. The molecule has 2 heteroatoms. The Labute approximate surface area is 144 Å². The maximum atomic E-state index is 9.37. The molecule has 0 unspecified atom stereocenters. The van der Waals surface area contributed by atoms with E-state index in [0.29, 0.717) is 5.92 Å². The van der Waals surface area contributed by atoms with Crippen LogP contribution in [0.25, 0.3) is 10.9 Å². The normalized spacial score (nSPS) is 20.0. The van der Waals surface area contributed by atoms with E-state index in [2.05, 4.69) is 48.5 Å². The van der Waals surface area contributed by atoms with Crippen molar-refractivity contribution in [3.63, 3.8) is 0 Å². The third kappa shape index (κ3) is 2.38. The Balaban J connectivity index is 1.83. The van der Waals surface area contributed by atoms with Gasteiger partial charge in [0, 0.05) is 34.6 Å². The minimum absolute atomic E-state index is 0.0439. The molecule has 2 fully saturated rings. The van der Waals surface area contributed by atoms with Gasteiger partial charge in [-0.3, -0.25) is 0 Å². The number of hydrogen-bond acceptors (Lipinski definition) is 1. The van der Waals surface area contributed by atoms with Crippen LogP contribution in [-0.2, 0) is 13.5 Å². The number of nitrogens with zero attached hydrogens (tertiary/aromatic N) is 2. The van der Waals surface area contributed by atoms with Crippen LogP contribution in [-0.4, -0.2) is 4.57 Å². The van der Waals surface area contributed by atoms with Gasteiger partial charge in [0.2, 0.25) is 0 Å². The van der Waals surface area contributed by atoms with Gasteiger partial charge < -0.3 is 4.57 Å². The average Bonchev–Trinajstić information content (AvgIpc) is 3.36. The molecule has 1 aromatic heterocycles. The molecular formula is C22H26N2. The standard InChI is InChI=1S/C22H26N2/c1-16(15-23)22(12-13-22)14-19-18-10-6-7-11-20(18)24(2)21(19)17-8-4-3-5-9-17/h6-7,10-11,17H,1,3-5,8-9,12-14H2,2H3. The molecule has 0 aliphatic heterocycles. The van der Waals surface area contributed by atoms with Crippen molar-refractivity contribution in [3.05, 3.63) is 47.7 Å². The number of nitriles is 1. The van der Waals surface area contributed by atoms with E-state index in [0.717, 1.165) is 24.8 Å². The van der Waals surface area contributed by atoms with Gasteiger partial charge in [0.05, 0.1) is 6.07 Å². The molecule has 24 heavy (non-hydrogen) atoms. The van der Waals surface area contributed by atoms with Crippen LogP contribution in [0.5, 0.6) is 0 Å². The molecule has 1 heterocycles. The summed E-state index contributed by atoms with van der Waals surface area (Å²) in [4.78, 5) is 0. The molecule has 0 saturated heterocycles. The molecule has 1 aromatic carbocycles. The van der Waals surface area contributed by atoms with Gasteiger partial charge in [0.15, 0.2) is 0 Å². The molecule has 0 radical (unpaired) electrons. The third-order valence-corrected chi connectivity index (χ3v) is 6.40. The first-order valence-corrected chi connectivity index (χ1v) is 9.32. The van der Waals surface area contributed by atoms with Gasteiger partial charge >= 0.3 is 0 Å². The van der Waals surface area contributed by atoms with Crippen molar-refractivity contribution in [1.29, 1.82) is 5.26 Å². The molecule has 4 rings (SSSR count). The van der Waals surface area contributed by atoms with Crippen LogP contribution in [0, 0.1) is 16.7 Å². The highest BCUT2D eigenvalue weighted by molar-refractivity contribution is 5.86. The Morgan fingerprint density at radius 2 is 1.96 bits per heavy atom. The molecular weight excluding hydrogens is 292 g/mol. The van der Waals surface area contributed by atoms with Crippen LogP contribution in [0.1, 0.15) is 62.1 Å². The van der Waals surface area contributed by atoms with Crippen LogP contribution in [0.4, 0.5) is 0 Å². The lowest BCUT2D eigenvalue weighted by molar-refractivity contribution is 0.426. The topological polar surface area (TPSA) is 28.7 Å². The Bertz CT molecular complexity index is 824. The van der Waals surface area contributed by atoms with E-state index in [1.54, 1.807) is 0 Å². The largest absolute Gasteiger partial charge is 0.347 e. The second-order valence-corrected chi connectivity index (χ2v) is 7.82. The summed E-state index contributed by atoms with van der Waals surface area (Å²) in [6.45, 7) is 4.06. The predicted octanol–water partition coefficient (Wildman–Crippen LogP) is 5.63. The van der Waals surface area contributed by atoms with E-state index in [1.807, 2.05) is 0 Å². The highest BCUT2D eigenvalue weighted by Gasteiger charge is 2.46. The Kier molecular flexibility index (Phi) is 3.76. The second-order valence-electron chi connectivity index (χ2n) is 7.82. The molecule has 2 aliphatic carbocycles. The summed E-state index contributed by atoms with van der Waals surface area (Å²) in [5, 5.41) is 10.8. The van der Waals surface area contributed by atoms with Gasteiger partial charge in [-0.15, -0.1) is 0 Å². The monoisotopic (exact) mass is 318 g/mol. The number of aromatic nitrogens is 1. The summed E-state index contributed by atoms with van der Waals surface area (Å²) >= 11 is 0. The van der Waals surface area contributed by atoms with Gasteiger partial charge in [-0.25, -0.2) is 0 Å². The summed E-state index contributed by atoms with van der Waals surface area (Å²) in [6, 6.07) is 11.1. The number of rotatable bonds is 4. The number of benzene rings is 1. The zero-order valence-corrected chi connectivity index (χ0v) is 14.6. The molecule has 124 valence electrons. The number of fused-ring (bicyclic) bond motifs is 1. The van der Waals surface area contributed by atoms with E-state index in [9.17, 15) is 5.26 Å². The van der Waals surface area contributed by atoms with Crippen LogP contribution < -0.4 is 0 Å².